The zero-order chi connectivity index (χ0) is 17.4. The highest BCUT2D eigenvalue weighted by molar-refractivity contribution is 5.83. The van der Waals surface area contributed by atoms with E-state index in [1.807, 2.05) is 24.4 Å². The summed E-state index contributed by atoms with van der Waals surface area (Å²) in [4.78, 5) is 28.1. The molecule has 2 rings (SSSR count). The molecule has 24 heavy (non-hydrogen) atoms. The monoisotopic (exact) mass is 332 g/mol. The number of carbonyl (C=O) groups is 2. The molecule has 0 fully saturated rings. The Bertz CT molecular complexity index is 660. The van der Waals surface area contributed by atoms with Gasteiger partial charge in [0.2, 0.25) is 0 Å². The van der Waals surface area contributed by atoms with Crippen molar-refractivity contribution < 1.29 is 19.1 Å². The van der Waals surface area contributed by atoms with Crippen LogP contribution in [0.1, 0.15) is 18.4 Å². The maximum absolute atomic E-state index is 11.4. The quantitative estimate of drug-likeness (QED) is 0.712. The SMILES string of the molecule is COC(=O)CCN(CCC(=O)OC)CCc1c[nH]c2ccccc12. The number of nitrogens with one attached hydrogen (secondary N) is 1. The van der Waals surface area contributed by atoms with Crippen molar-refractivity contribution in [1.29, 1.82) is 0 Å². The van der Waals surface area contributed by atoms with Crippen molar-refractivity contribution in [3.63, 3.8) is 0 Å². The largest absolute Gasteiger partial charge is 0.469 e. The maximum Gasteiger partial charge on any atom is 0.306 e. The summed E-state index contributed by atoms with van der Waals surface area (Å²) in [6, 6.07) is 8.16. The molecule has 0 aliphatic heterocycles. The second-order valence-electron chi connectivity index (χ2n) is 5.60. The summed E-state index contributed by atoms with van der Waals surface area (Å²) in [5.74, 6) is -0.490. The summed E-state index contributed by atoms with van der Waals surface area (Å²) in [7, 11) is 2.76. The first kappa shape index (κ1) is 18.0. The first-order valence-electron chi connectivity index (χ1n) is 8.05. The van der Waals surface area contributed by atoms with E-state index in [1.165, 1.54) is 25.2 Å². The van der Waals surface area contributed by atoms with Gasteiger partial charge in [0.1, 0.15) is 0 Å². The zero-order valence-corrected chi connectivity index (χ0v) is 14.2. The number of aromatic amines is 1. The van der Waals surface area contributed by atoms with E-state index in [2.05, 4.69) is 16.0 Å². The molecule has 6 nitrogen and oxygen atoms in total. The molecule has 0 atom stereocenters. The second-order valence-corrected chi connectivity index (χ2v) is 5.60. The molecule has 0 aliphatic rings. The van der Waals surface area contributed by atoms with Crippen LogP contribution in [0.4, 0.5) is 0 Å². The summed E-state index contributed by atoms with van der Waals surface area (Å²) >= 11 is 0. The Kier molecular flexibility index (Phi) is 6.81. The highest BCUT2D eigenvalue weighted by atomic mass is 16.5. The highest BCUT2D eigenvalue weighted by Crippen LogP contribution is 2.18. The zero-order valence-electron chi connectivity index (χ0n) is 14.2. The molecule has 0 saturated carbocycles. The Labute approximate surface area is 141 Å². The van der Waals surface area contributed by atoms with E-state index in [0.717, 1.165) is 18.5 Å². The highest BCUT2D eigenvalue weighted by Gasteiger charge is 2.12. The molecule has 0 spiro atoms. The van der Waals surface area contributed by atoms with Crippen molar-refractivity contribution in [2.45, 2.75) is 19.3 Å². The molecule has 1 aromatic carbocycles. The van der Waals surface area contributed by atoms with Gasteiger partial charge in [-0.05, 0) is 18.1 Å². The van der Waals surface area contributed by atoms with Crippen LogP contribution < -0.4 is 0 Å². The van der Waals surface area contributed by atoms with Gasteiger partial charge in [-0.15, -0.1) is 0 Å². The van der Waals surface area contributed by atoms with E-state index >= 15 is 0 Å². The van der Waals surface area contributed by atoms with Crippen molar-refractivity contribution in [2.75, 3.05) is 33.9 Å². The average molecular weight is 332 g/mol. The van der Waals surface area contributed by atoms with E-state index in [-0.39, 0.29) is 11.9 Å². The maximum atomic E-state index is 11.4. The molecule has 0 amide bonds. The molecule has 1 aromatic heterocycles. The minimum atomic E-state index is -0.245. The third-order valence-corrected chi connectivity index (χ3v) is 4.09. The van der Waals surface area contributed by atoms with Crippen molar-refractivity contribution >= 4 is 22.8 Å². The predicted molar refractivity (Wildman–Crippen MR) is 91.7 cm³/mol. The summed E-state index contributed by atoms with van der Waals surface area (Å²) in [6.07, 6.45) is 3.48. The number of aromatic nitrogens is 1. The number of para-hydroxylation sites is 1. The standard InChI is InChI=1S/C18H24N2O4/c1-23-17(21)8-11-20(12-9-18(22)24-2)10-7-14-13-19-16-6-4-3-5-15(14)16/h3-6,13,19H,7-12H2,1-2H3. The van der Waals surface area contributed by atoms with Crippen LogP contribution >= 0.6 is 0 Å². The number of methoxy groups -OCH3 is 2. The van der Waals surface area contributed by atoms with E-state index in [1.54, 1.807) is 0 Å². The smallest absolute Gasteiger partial charge is 0.306 e. The fraction of sp³-hybridized carbons (Fsp3) is 0.444. The molecule has 6 heteroatoms. The lowest BCUT2D eigenvalue weighted by molar-refractivity contribution is -0.141. The van der Waals surface area contributed by atoms with Gasteiger partial charge in [-0.3, -0.25) is 9.59 Å². The van der Waals surface area contributed by atoms with E-state index in [4.69, 9.17) is 9.47 Å². The Morgan fingerprint density at radius 2 is 1.62 bits per heavy atom. The molecular formula is C18H24N2O4. The van der Waals surface area contributed by atoms with Crippen LogP contribution in [0.2, 0.25) is 0 Å². The van der Waals surface area contributed by atoms with Crippen molar-refractivity contribution in [1.82, 2.24) is 9.88 Å². The number of hydrogen-bond acceptors (Lipinski definition) is 5. The van der Waals surface area contributed by atoms with Crippen LogP contribution in [-0.4, -0.2) is 55.7 Å². The van der Waals surface area contributed by atoms with Gasteiger partial charge in [-0.25, -0.2) is 0 Å². The van der Waals surface area contributed by atoms with Gasteiger partial charge in [0.05, 0.1) is 27.1 Å². The van der Waals surface area contributed by atoms with Crippen molar-refractivity contribution in [3.8, 4) is 0 Å². The number of fused-ring (bicyclic) bond motifs is 1. The number of ether oxygens (including phenoxy) is 2. The average Bonchev–Trinajstić information content (AvgIpc) is 3.03. The molecular weight excluding hydrogens is 308 g/mol. The summed E-state index contributed by atoms with van der Waals surface area (Å²) in [6.45, 7) is 1.88. The number of carbonyl (C=O) groups excluding carboxylic acids is 2. The Balaban J connectivity index is 1.95. The van der Waals surface area contributed by atoms with Crippen LogP contribution in [0, 0.1) is 0 Å². The first-order chi connectivity index (χ1) is 11.6. The number of hydrogen-bond donors (Lipinski definition) is 1. The molecule has 0 radical (unpaired) electrons. The number of H-pyrrole nitrogens is 1. The van der Waals surface area contributed by atoms with E-state index in [9.17, 15) is 9.59 Å². The van der Waals surface area contributed by atoms with Crippen molar-refractivity contribution in [3.05, 3.63) is 36.0 Å². The van der Waals surface area contributed by atoms with Crippen LogP contribution in [0.3, 0.4) is 0 Å². The molecule has 0 aliphatic carbocycles. The van der Waals surface area contributed by atoms with Crippen LogP contribution in [0.25, 0.3) is 10.9 Å². The Morgan fingerprint density at radius 1 is 1.00 bits per heavy atom. The fourth-order valence-corrected chi connectivity index (χ4v) is 2.66. The summed E-state index contributed by atoms with van der Waals surface area (Å²) in [5.41, 5.74) is 2.34. The van der Waals surface area contributed by atoms with Gasteiger partial charge in [-0.1, -0.05) is 18.2 Å². The van der Waals surface area contributed by atoms with Crippen LogP contribution in [0.15, 0.2) is 30.5 Å². The van der Waals surface area contributed by atoms with Crippen LogP contribution in [0.5, 0.6) is 0 Å². The third kappa shape index (κ3) is 5.09. The fourth-order valence-electron chi connectivity index (χ4n) is 2.66. The topological polar surface area (TPSA) is 71.6 Å². The molecule has 2 aromatic rings. The lowest BCUT2D eigenvalue weighted by atomic mass is 10.1. The van der Waals surface area contributed by atoms with Gasteiger partial charge >= 0.3 is 11.9 Å². The molecule has 130 valence electrons. The van der Waals surface area contributed by atoms with Crippen molar-refractivity contribution in [2.24, 2.45) is 0 Å². The Morgan fingerprint density at radius 3 is 2.25 bits per heavy atom. The number of esters is 2. The van der Waals surface area contributed by atoms with Gasteiger partial charge < -0.3 is 19.4 Å². The van der Waals surface area contributed by atoms with Gasteiger partial charge in [-0.2, -0.15) is 0 Å². The normalized spacial score (nSPS) is 11.0. The minimum absolute atomic E-state index is 0.245. The van der Waals surface area contributed by atoms with Gasteiger partial charge in [0.15, 0.2) is 0 Å². The molecule has 0 saturated heterocycles. The molecule has 1 N–H and O–H groups in total. The number of rotatable bonds is 9. The van der Waals surface area contributed by atoms with Gasteiger partial charge in [0, 0.05) is 36.7 Å². The number of benzene rings is 1. The summed E-state index contributed by atoms with van der Waals surface area (Å²) < 4.78 is 9.39. The Hall–Kier alpha value is -2.34. The molecule has 0 bridgehead atoms. The molecule has 1 heterocycles. The van der Waals surface area contributed by atoms with Gasteiger partial charge in [0.25, 0.3) is 0 Å². The lowest BCUT2D eigenvalue weighted by Crippen LogP contribution is -2.31. The predicted octanol–water partition coefficient (Wildman–Crippen LogP) is 2.14. The minimum Gasteiger partial charge on any atom is -0.469 e. The van der Waals surface area contributed by atoms with E-state index in [0.29, 0.717) is 25.9 Å². The van der Waals surface area contributed by atoms with E-state index < -0.39 is 0 Å². The van der Waals surface area contributed by atoms with Crippen LogP contribution in [-0.2, 0) is 25.5 Å². The first-order valence-corrected chi connectivity index (χ1v) is 8.05. The lowest BCUT2D eigenvalue weighted by Gasteiger charge is -2.21. The third-order valence-electron chi connectivity index (χ3n) is 4.09. The second kappa shape index (κ2) is 9.08. The molecule has 0 unspecified atom stereocenters. The number of nitrogens with zero attached hydrogens (tertiary/aromatic N) is 1. The summed E-state index contributed by atoms with van der Waals surface area (Å²) in [5, 5.41) is 1.21.